The zero-order chi connectivity index (χ0) is 24.8. The summed E-state index contributed by atoms with van der Waals surface area (Å²) in [5.41, 5.74) is -0.862. The third kappa shape index (κ3) is 7.64. The van der Waals surface area contributed by atoms with Crippen LogP contribution in [-0.4, -0.2) is 61.1 Å². The predicted molar refractivity (Wildman–Crippen MR) is 108 cm³/mol. The number of ether oxygens (including phenoxy) is 3. The summed E-state index contributed by atoms with van der Waals surface area (Å²) in [5.74, 6) is -3.53. The average Bonchev–Trinajstić information content (AvgIpc) is 2.71. The van der Waals surface area contributed by atoms with Crippen molar-refractivity contribution < 1.29 is 51.4 Å². The first-order valence-electron chi connectivity index (χ1n) is 10.1. The second kappa shape index (κ2) is 10.9. The van der Waals surface area contributed by atoms with E-state index >= 15 is 0 Å². The van der Waals surface area contributed by atoms with Crippen LogP contribution < -0.4 is 9.97 Å². The first-order valence-corrected chi connectivity index (χ1v) is 10.1. The number of carbonyl (C=O) groups excluding carboxylic acids is 3. The molecule has 0 unspecified atom stereocenters. The molecule has 1 atom stereocenters. The van der Waals surface area contributed by atoms with E-state index in [0.29, 0.717) is 5.56 Å². The van der Waals surface area contributed by atoms with E-state index in [4.69, 9.17) is 18.9 Å². The Hall–Kier alpha value is -2.80. The highest BCUT2D eigenvalue weighted by Crippen LogP contribution is 2.31. The summed E-state index contributed by atoms with van der Waals surface area (Å²) in [6.45, 7) is 4.31. The Kier molecular flexibility index (Phi) is 8.72. The van der Waals surface area contributed by atoms with Gasteiger partial charge >= 0.3 is 25.2 Å². The third-order valence-electron chi connectivity index (χ3n) is 4.70. The summed E-state index contributed by atoms with van der Waals surface area (Å²) in [4.78, 5) is 36.2. The maximum absolute atomic E-state index is 12.4. The fraction of sp³-hybridized carbons (Fsp3) is 0.550. The lowest BCUT2D eigenvalue weighted by molar-refractivity contribution is -0.175. The minimum atomic E-state index is -4.48. The van der Waals surface area contributed by atoms with Crippen LogP contribution in [0.5, 0.6) is 5.75 Å². The van der Waals surface area contributed by atoms with E-state index < -0.39 is 62.3 Å². The molecule has 13 heteroatoms. The Balaban J connectivity index is 1.98. The van der Waals surface area contributed by atoms with E-state index in [1.807, 2.05) is 0 Å². The highest BCUT2D eigenvalue weighted by molar-refractivity contribution is 6.47. The van der Waals surface area contributed by atoms with Gasteiger partial charge in [0.25, 0.3) is 0 Å². The number of para-hydroxylation sites is 1. The van der Waals surface area contributed by atoms with Gasteiger partial charge in [-0.3, -0.25) is 4.79 Å². The van der Waals surface area contributed by atoms with Gasteiger partial charge in [-0.2, -0.15) is 13.2 Å². The van der Waals surface area contributed by atoms with Gasteiger partial charge in [0.1, 0.15) is 11.3 Å². The van der Waals surface area contributed by atoms with Crippen LogP contribution in [0.25, 0.3) is 0 Å². The van der Waals surface area contributed by atoms with Crippen LogP contribution in [0.1, 0.15) is 49.5 Å². The fourth-order valence-corrected chi connectivity index (χ4v) is 3.05. The summed E-state index contributed by atoms with van der Waals surface area (Å²) in [7, 11) is -1.61. The molecule has 9 nitrogen and oxygen atoms in total. The molecule has 0 radical (unpaired) electrons. The van der Waals surface area contributed by atoms with Gasteiger partial charge in [-0.1, -0.05) is 12.1 Å². The molecule has 0 aliphatic carbocycles. The number of halogens is 3. The maximum atomic E-state index is 12.4. The van der Waals surface area contributed by atoms with Crippen molar-refractivity contribution in [2.75, 3.05) is 13.4 Å². The van der Waals surface area contributed by atoms with Crippen LogP contribution in [0, 0.1) is 0 Å². The first-order chi connectivity index (χ1) is 15.3. The normalized spacial score (nSPS) is 15.8. The Morgan fingerprint density at radius 2 is 1.94 bits per heavy atom. The Bertz CT molecular complexity index is 877. The van der Waals surface area contributed by atoms with Crippen LogP contribution >= 0.6 is 0 Å². The van der Waals surface area contributed by atoms with Gasteiger partial charge in [-0.05, 0) is 38.8 Å². The van der Waals surface area contributed by atoms with Crippen molar-refractivity contribution in [2.45, 2.75) is 57.8 Å². The van der Waals surface area contributed by atoms with E-state index in [1.54, 1.807) is 13.0 Å². The largest absolute Gasteiger partial charge is 0.547 e. The number of hydrogen-bond donors (Lipinski definition) is 2. The molecule has 33 heavy (non-hydrogen) atoms. The number of amides is 1. The minimum Gasteiger partial charge on any atom is -0.534 e. The number of fused-ring (bicyclic) bond motifs is 1. The highest BCUT2D eigenvalue weighted by atomic mass is 19.4. The lowest BCUT2D eigenvalue weighted by atomic mass is 9.72. The standard InChI is InChI=1S/C20H25BF3NO8/c1-4-32-19(2,3)18(28)31-11-30-17(27)13-7-5-6-12-10-14(21(29)33-16(12)13)25-15(26)8-9-20(22,23)24/h5-7,14,29H,4,8-11H2,1-3H3,(H,25,26)/t14-/m0/s1. The number of nitrogens with one attached hydrogen (secondary N) is 1. The van der Waals surface area contributed by atoms with E-state index in [-0.39, 0.29) is 24.3 Å². The third-order valence-corrected chi connectivity index (χ3v) is 4.70. The molecule has 1 heterocycles. The molecular weight excluding hydrogens is 450 g/mol. The zero-order valence-corrected chi connectivity index (χ0v) is 18.4. The molecule has 0 saturated carbocycles. The van der Waals surface area contributed by atoms with Gasteiger partial charge in [0, 0.05) is 13.0 Å². The molecule has 1 aliphatic rings. The molecule has 1 aromatic carbocycles. The van der Waals surface area contributed by atoms with Gasteiger partial charge in [0.2, 0.25) is 12.7 Å². The van der Waals surface area contributed by atoms with Gasteiger partial charge < -0.3 is 29.2 Å². The molecule has 0 saturated heterocycles. The molecule has 0 fully saturated rings. The summed E-state index contributed by atoms with van der Waals surface area (Å²) in [6, 6.07) is 4.43. The predicted octanol–water partition coefficient (Wildman–Crippen LogP) is 1.94. The van der Waals surface area contributed by atoms with Crippen LogP contribution in [0.4, 0.5) is 13.2 Å². The first kappa shape index (κ1) is 26.5. The number of carbonyl (C=O) groups is 3. The minimum absolute atomic E-state index is 0.00300. The quantitative estimate of drug-likeness (QED) is 0.316. The molecule has 0 aromatic heterocycles. The SMILES string of the molecule is CCOC(C)(C)C(=O)OCOC(=O)c1cccc2c1OB(O)[C@@H](NC(=O)CCC(F)(F)F)C2. The van der Waals surface area contributed by atoms with Gasteiger partial charge in [0.05, 0.1) is 12.4 Å². The summed E-state index contributed by atoms with van der Waals surface area (Å²) < 4.78 is 57.3. The fourth-order valence-electron chi connectivity index (χ4n) is 3.05. The van der Waals surface area contributed by atoms with Crippen molar-refractivity contribution in [1.82, 2.24) is 5.32 Å². The number of alkyl halides is 3. The van der Waals surface area contributed by atoms with Crippen LogP contribution in [-0.2, 0) is 30.2 Å². The highest BCUT2D eigenvalue weighted by Gasteiger charge is 2.38. The molecule has 1 aromatic rings. The summed E-state index contributed by atoms with van der Waals surface area (Å²) in [5, 5.41) is 12.5. The number of hydrogen-bond acceptors (Lipinski definition) is 8. The van der Waals surface area contributed by atoms with E-state index in [0.717, 1.165) is 0 Å². The lowest BCUT2D eigenvalue weighted by Crippen LogP contribution is -2.53. The van der Waals surface area contributed by atoms with Crippen LogP contribution in [0.3, 0.4) is 0 Å². The molecular formula is C20H25BF3NO8. The van der Waals surface area contributed by atoms with Crippen LogP contribution in [0.15, 0.2) is 18.2 Å². The average molecular weight is 475 g/mol. The Labute approximate surface area is 188 Å². The molecule has 2 N–H and O–H groups in total. The lowest BCUT2D eigenvalue weighted by Gasteiger charge is -2.29. The number of rotatable bonds is 9. The monoisotopic (exact) mass is 475 g/mol. The summed E-state index contributed by atoms with van der Waals surface area (Å²) >= 11 is 0. The van der Waals surface area contributed by atoms with Crippen molar-refractivity contribution in [3.63, 3.8) is 0 Å². The van der Waals surface area contributed by atoms with Gasteiger partial charge in [0.15, 0.2) is 5.60 Å². The second-order valence-corrected chi connectivity index (χ2v) is 7.72. The maximum Gasteiger partial charge on any atom is 0.547 e. The number of benzene rings is 1. The Morgan fingerprint density at radius 1 is 1.24 bits per heavy atom. The van der Waals surface area contributed by atoms with Crippen molar-refractivity contribution in [3.05, 3.63) is 29.3 Å². The molecule has 0 spiro atoms. The van der Waals surface area contributed by atoms with Crippen molar-refractivity contribution in [3.8, 4) is 5.75 Å². The van der Waals surface area contributed by atoms with Crippen molar-refractivity contribution in [2.24, 2.45) is 0 Å². The van der Waals surface area contributed by atoms with Crippen molar-refractivity contribution in [1.29, 1.82) is 0 Å². The van der Waals surface area contributed by atoms with E-state index in [1.165, 1.54) is 26.0 Å². The van der Waals surface area contributed by atoms with Crippen molar-refractivity contribution >= 4 is 25.0 Å². The topological polar surface area (TPSA) is 120 Å². The summed E-state index contributed by atoms with van der Waals surface area (Å²) in [6.07, 6.45) is -6.55. The molecule has 182 valence electrons. The van der Waals surface area contributed by atoms with Gasteiger partial charge in [-0.25, -0.2) is 9.59 Å². The number of esters is 2. The van der Waals surface area contributed by atoms with E-state index in [9.17, 15) is 32.6 Å². The van der Waals surface area contributed by atoms with Gasteiger partial charge in [-0.15, -0.1) is 0 Å². The smallest absolute Gasteiger partial charge is 0.534 e. The van der Waals surface area contributed by atoms with Crippen LogP contribution in [0.2, 0.25) is 0 Å². The second-order valence-electron chi connectivity index (χ2n) is 7.72. The molecule has 0 bridgehead atoms. The Morgan fingerprint density at radius 3 is 2.58 bits per heavy atom. The molecule has 1 amide bonds. The molecule has 1 aliphatic heterocycles. The zero-order valence-electron chi connectivity index (χ0n) is 18.4. The van der Waals surface area contributed by atoms with E-state index in [2.05, 4.69) is 5.32 Å². The molecule has 2 rings (SSSR count).